The van der Waals surface area contributed by atoms with E-state index in [4.69, 9.17) is 5.73 Å². The molecule has 122 valence electrons. The zero-order valence-corrected chi connectivity index (χ0v) is 13.5. The van der Waals surface area contributed by atoms with Crippen molar-refractivity contribution in [2.24, 2.45) is 11.7 Å². The molecular formula is C14H27N3O3S. The fraction of sp³-hybridized carbons (Fsp3) is 0.929. The fourth-order valence-corrected chi connectivity index (χ4v) is 4.88. The molecule has 0 spiro atoms. The van der Waals surface area contributed by atoms with Crippen molar-refractivity contribution in [3.8, 4) is 0 Å². The lowest BCUT2D eigenvalue weighted by Crippen LogP contribution is -2.39. The van der Waals surface area contributed by atoms with Crippen molar-refractivity contribution in [3.05, 3.63) is 0 Å². The van der Waals surface area contributed by atoms with Gasteiger partial charge in [0.25, 0.3) is 0 Å². The molecule has 0 saturated carbocycles. The molecule has 1 amide bonds. The molecule has 0 radical (unpaired) electrons. The van der Waals surface area contributed by atoms with E-state index >= 15 is 0 Å². The maximum atomic E-state index is 12.4. The Morgan fingerprint density at radius 2 is 1.95 bits per heavy atom. The van der Waals surface area contributed by atoms with Gasteiger partial charge in [-0.1, -0.05) is 0 Å². The van der Waals surface area contributed by atoms with Crippen LogP contribution in [0.2, 0.25) is 0 Å². The van der Waals surface area contributed by atoms with Crippen LogP contribution in [0.5, 0.6) is 0 Å². The zero-order valence-electron chi connectivity index (χ0n) is 12.7. The van der Waals surface area contributed by atoms with E-state index in [0.29, 0.717) is 6.42 Å². The van der Waals surface area contributed by atoms with Crippen molar-refractivity contribution < 1.29 is 13.2 Å². The Morgan fingerprint density at radius 3 is 2.62 bits per heavy atom. The molecule has 0 aromatic heterocycles. The Balaban J connectivity index is 1.81. The lowest BCUT2D eigenvalue weighted by Gasteiger charge is -2.24. The highest BCUT2D eigenvalue weighted by Gasteiger charge is 2.35. The number of carbonyl (C=O) groups excluding carboxylic acids is 1. The largest absolute Gasteiger partial charge is 0.341 e. The predicted octanol–water partition coefficient (Wildman–Crippen LogP) is -0.306. The Hall–Kier alpha value is -0.660. The number of hydrogen-bond acceptors (Lipinski definition) is 5. The van der Waals surface area contributed by atoms with Gasteiger partial charge >= 0.3 is 0 Å². The summed E-state index contributed by atoms with van der Waals surface area (Å²) in [7, 11) is -2.98. The van der Waals surface area contributed by atoms with Crippen LogP contribution in [-0.4, -0.2) is 74.9 Å². The van der Waals surface area contributed by atoms with E-state index in [-0.39, 0.29) is 23.3 Å². The summed E-state index contributed by atoms with van der Waals surface area (Å²) >= 11 is 0. The smallest absolute Gasteiger partial charge is 0.226 e. The first-order chi connectivity index (χ1) is 10.0. The predicted molar refractivity (Wildman–Crippen MR) is 82.7 cm³/mol. The minimum atomic E-state index is -2.98. The Labute approximate surface area is 127 Å². The third kappa shape index (κ3) is 4.93. The number of nitrogens with zero attached hydrogens (tertiary/aromatic N) is 2. The van der Waals surface area contributed by atoms with Gasteiger partial charge in [-0.05, 0) is 45.3 Å². The van der Waals surface area contributed by atoms with Crippen molar-refractivity contribution in [1.29, 1.82) is 0 Å². The summed E-state index contributed by atoms with van der Waals surface area (Å²) in [4.78, 5) is 16.7. The van der Waals surface area contributed by atoms with Gasteiger partial charge in [-0.3, -0.25) is 4.79 Å². The lowest BCUT2D eigenvalue weighted by atomic mass is 10.1. The number of nitrogens with two attached hydrogens (primary N) is 1. The molecular weight excluding hydrogens is 290 g/mol. The van der Waals surface area contributed by atoms with E-state index < -0.39 is 9.84 Å². The molecule has 0 aromatic rings. The molecule has 2 aliphatic heterocycles. The van der Waals surface area contributed by atoms with Crippen molar-refractivity contribution in [2.75, 3.05) is 50.8 Å². The highest BCUT2D eigenvalue weighted by atomic mass is 32.2. The Kier molecular flexibility index (Phi) is 6.01. The van der Waals surface area contributed by atoms with Crippen LogP contribution in [0.25, 0.3) is 0 Å². The molecule has 0 aromatic carbocycles. The second-order valence-corrected chi connectivity index (χ2v) is 8.34. The number of unbranched alkanes of at least 4 members (excludes halogenated alkanes) is 1. The molecule has 1 unspecified atom stereocenters. The second kappa shape index (κ2) is 7.56. The van der Waals surface area contributed by atoms with Crippen LogP contribution in [-0.2, 0) is 14.6 Å². The summed E-state index contributed by atoms with van der Waals surface area (Å²) < 4.78 is 23.0. The maximum Gasteiger partial charge on any atom is 0.226 e. The van der Waals surface area contributed by atoms with E-state index in [9.17, 15) is 13.2 Å². The van der Waals surface area contributed by atoms with Gasteiger partial charge in [-0.15, -0.1) is 0 Å². The monoisotopic (exact) mass is 317 g/mol. The summed E-state index contributed by atoms with van der Waals surface area (Å²) in [6, 6.07) is 0. The quantitative estimate of drug-likeness (QED) is 0.704. The first-order valence-corrected chi connectivity index (χ1v) is 9.75. The number of amides is 1. The summed E-state index contributed by atoms with van der Waals surface area (Å²) in [5, 5.41) is 0. The van der Waals surface area contributed by atoms with Crippen molar-refractivity contribution >= 4 is 15.7 Å². The molecule has 7 heteroatoms. The average molecular weight is 317 g/mol. The van der Waals surface area contributed by atoms with Crippen LogP contribution in [0.15, 0.2) is 0 Å². The van der Waals surface area contributed by atoms with Crippen LogP contribution in [0.4, 0.5) is 0 Å². The molecule has 0 aliphatic carbocycles. The molecule has 2 saturated heterocycles. The number of carbonyl (C=O) groups is 1. The molecule has 2 heterocycles. The average Bonchev–Trinajstić information content (AvgIpc) is 2.67. The van der Waals surface area contributed by atoms with E-state index in [1.165, 1.54) is 0 Å². The summed E-state index contributed by atoms with van der Waals surface area (Å²) in [6.45, 7) is 5.14. The number of rotatable bonds is 5. The minimum Gasteiger partial charge on any atom is -0.341 e. The van der Waals surface area contributed by atoms with Gasteiger partial charge in [0.1, 0.15) is 0 Å². The molecule has 6 nitrogen and oxygen atoms in total. The van der Waals surface area contributed by atoms with E-state index in [1.807, 2.05) is 4.90 Å². The first-order valence-electron chi connectivity index (χ1n) is 7.93. The minimum absolute atomic E-state index is 0.0416. The molecule has 1 atom stereocenters. The molecule has 2 fully saturated rings. The zero-order chi connectivity index (χ0) is 15.3. The summed E-state index contributed by atoms with van der Waals surface area (Å²) in [5.74, 6) is -0.0518. The second-order valence-electron chi connectivity index (χ2n) is 6.12. The first kappa shape index (κ1) is 16.7. The lowest BCUT2D eigenvalue weighted by molar-refractivity contribution is -0.134. The van der Waals surface area contributed by atoms with Crippen molar-refractivity contribution in [3.63, 3.8) is 0 Å². The van der Waals surface area contributed by atoms with Gasteiger partial charge in [-0.2, -0.15) is 0 Å². The molecule has 0 bridgehead atoms. The van der Waals surface area contributed by atoms with Crippen LogP contribution >= 0.6 is 0 Å². The summed E-state index contributed by atoms with van der Waals surface area (Å²) in [6.07, 6.45) is 3.61. The Morgan fingerprint density at radius 1 is 1.14 bits per heavy atom. The normalized spacial score (nSPS) is 26.7. The van der Waals surface area contributed by atoms with Crippen molar-refractivity contribution in [2.45, 2.75) is 25.7 Å². The third-order valence-electron chi connectivity index (χ3n) is 4.41. The number of sulfone groups is 1. The van der Waals surface area contributed by atoms with Crippen molar-refractivity contribution in [1.82, 2.24) is 9.80 Å². The van der Waals surface area contributed by atoms with Crippen LogP contribution in [0.3, 0.4) is 0 Å². The summed E-state index contributed by atoms with van der Waals surface area (Å²) in [5.41, 5.74) is 5.51. The van der Waals surface area contributed by atoms with Gasteiger partial charge in [-0.25, -0.2) is 8.42 Å². The van der Waals surface area contributed by atoms with Gasteiger partial charge in [0.15, 0.2) is 9.84 Å². The van der Waals surface area contributed by atoms with Crippen LogP contribution < -0.4 is 5.73 Å². The highest BCUT2D eigenvalue weighted by molar-refractivity contribution is 7.91. The van der Waals surface area contributed by atoms with E-state index in [1.54, 1.807) is 0 Å². The van der Waals surface area contributed by atoms with E-state index in [0.717, 1.165) is 58.5 Å². The molecule has 2 aliphatic rings. The van der Waals surface area contributed by atoms with Gasteiger partial charge in [0.2, 0.25) is 5.91 Å². The van der Waals surface area contributed by atoms with E-state index in [2.05, 4.69) is 4.90 Å². The standard InChI is InChI=1S/C14H27N3O3S/c15-5-1-2-6-16-7-3-8-17(10-9-16)14(18)13-4-11-21(19,20)12-13/h13H,1-12,15H2. The SMILES string of the molecule is NCCCCN1CCCN(C(=O)C2CCS(=O)(=O)C2)CC1. The van der Waals surface area contributed by atoms with Gasteiger partial charge in [0, 0.05) is 19.6 Å². The molecule has 2 N–H and O–H groups in total. The molecule has 2 rings (SSSR count). The van der Waals surface area contributed by atoms with Gasteiger partial charge in [0.05, 0.1) is 17.4 Å². The van der Waals surface area contributed by atoms with Gasteiger partial charge < -0.3 is 15.5 Å². The third-order valence-corrected chi connectivity index (χ3v) is 6.18. The Bertz CT molecular complexity index is 452. The fourth-order valence-electron chi connectivity index (χ4n) is 3.14. The topological polar surface area (TPSA) is 83.7 Å². The highest BCUT2D eigenvalue weighted by Crippen LogP contribution is 2.21. The number of hydrogen-bond donors (Lipinski definition) is 1. The van der Waals surface area contributed by atoms with Crippen LogP contribution in [0, 0.1) is 5.92 Å². The van der Waals surface area contributed by atoms with Crippen LogP contribution in [0.1, 0.15) is 25.7 Å². The maximum absolute atomic E-state index is 12.4. The molecule has 21 heavy (non-hydrogen) atoms.